The number of aliphatic hydroxyl groups is 1. The molecule has 1 unspecified atom stereocenters. The van der Waals surface area contributed by atoms with Crippen molar-refractivity contribution in [2.24, 2.45) is 0 Å². The van der Waals surface area contributed by atoms with Crippen LogP contribution in [0.4, 0.5) is 0 Å². The predicted molar refractivity (Wildman–Crippen MR) is 95.9 cm³/mol. The van der Waals surface area contributed by atoms with Gasteiger partial charge in [-0.25, -0.2) is 0 Å². The minimum absolute atomic E-state index is 0.00390. The Kier molecular flexibility index (Phi) is 5.41. The summed E-state index contributed by atoms with van der Waals surface area (Å²) in [6, 6.07) is 12.1. The molecule has 2 N–H and O–H groups in total. The number of nitrogens with one attached hydrogen (secondary N) is 1. The van der Waals surface area contributed by atoms with Crippen molar-refractivity contribution < 1.29 is 9.90 Å². The van der Waals surface area contributed by atoms with Gasteiger partial charge in [-0.2, -0.15) is 0 Å². The lowest BCUT2D eigenvalue weighted by molar-refractivity contribution is -0.122. The van der Waals surface area contributed by atoms with E-state index >= 15 is 0 Å². The van der Waals surface area contributed by atoms with Gasteiger partial charge in [0.25, 0.3) is 0 Å². The van der Waals surface area contributed by atoms with Crippen molar-refractivity contribution >= 4 is 29.0 Å². The molecule has 0 bridgehead atoms. The van der Waals surface area contributed by atoms with E-state index < -0.39 is 5.60 Å². The van der Waals surface area contributed by atoms with Gasteiger partial charge in [-0.1, -0.05) is 18.2 Å². The van der Waals surface area contributed by atoms with Crippen LogP contribution in [-0.2, 0) is 16.8 Å². The van der Waals surface area contributed by atoms with Gasteiger partial charge in [0.15, 0.2) is 0 Å². The summed E-state index contributed by atoms with van der Waals surface area (Å²) in [4.78, 5) is 14.5. The second-order valence-corrected chi connectivity index (χ2v) is 8.00. The van der Waals surface area contributed by atoms with Gasteiger partial charge in [-0.3, -0.25) is 4.79 Å². The predicted octanol–water partition coefficient (Wildman–Crippen LogP) is 3.57. The van der Waals surface area contributed by atoms with E-state index in [1.807, 2.05) is 41.8 Å². The number of hydrogen-bond acceptors (Lipinski definition) is 4. The third kappa shape index (κ3) is 4.16. The van der Waals surface area contributed by atoms with E-state index in [1.165, 1.54) is 9.77 Å². The molecule has 1 aliphatic carbocycles. The standard InChI is InChI=1S/C18H21NO2S2/c20-17(9-12-22-14-5-2-1-3-6-14)19-13-18(21)10-4-7-16-15(18)8-11-23-16/h1-3,5-6,8,11,21H,4,7,9-10,12-13H2,(H,19,20). The average Bonchev–Trinajstić information content (AvgIpc) is 3.05. The van der Waals surface area contributed by atoms with Crippen molar-refractivity contribution in [2.45, 2.75) is 36.2 Å². The Morgan fingerprint density at radius 3 is 2.96 bits per heavy atom. The Morgan fingerprint density at radius 1 is 1.30 bits per heavy atom. The van der Waals surface area contributed by atoms with Crippen molar-refractivity contribution in [2.75, 3.05) is 12.3 Å². The number of carbonyl (C=O) groups is 1. The average molecular weight is 348 g/mol. The highest BCUT2D eigenvalue weighted by Gasteiger charge is 2.35. The van der Waals surface area contributed by atoms with Crippen molar-refractivity contribution in [3.05, 3.63) is 52.2 Å². The van der Waals surface area contributed by atoms with Crippen LogP contribution in [0, 0.1) is 0 Å². The molecule has 0 aliphatic heterocycles. The summed E-state index contributed by atoms with van der Waals surface area (Å²) in [7, 11) is 0. The normalized spacial score (nSPS) is 20.0. The van der Waals surface area contributed by atoms with Gasteiger partial charge >= 0.3 is 0 Å². The molecule has 122 valence electrons. The smallest absolute Gasteiger partial charge is 0.220 e. The van der Waals surface area contributed by atoms with Gasteiger partial charge in [-0.05, 0) is 48.4 Å². The molecule has 0 saturated heterocycles. The maximum absolute atomic E-state index is 12.0. The summed E-state index contributed by atoms with van der Waals surface area (Å²) in [5.74, 6) is 0.752. The Morgan fingerprint density at radius 2 is 2.13 bits per heavy atom. The lowest BCUT2D eigenvalue weighted by Gasteiger charge is -2.32. The number of aryl methyl sites for hydroxylation is 1. The minimum Gasteiger partial charge on any atom is -0.383 e. The van der Waals surface area contributed by atoms with E-state index in [0.29, 0.717) is 13.0 Å². The molecule has 3 nitrogen and oxygen atoms in total. The first-order valence-electron chi connectivity index (χ1n) is 7.91. The van der Waals surface area contributed by atoms with Crippen LogP contribution in [0.15, 0.2) is 46.7 Å². The first kappa shape index (κ1) is 16.6. The van der Waals surface area contributed by atoms with Crippen LogP contribution < -0.4 is 5.32 Å². The Labute approximate surface area is 145 Å². The van der Waals surface area contributed by atoms with Crippen LogP contribution in [0.25, 0.3) is 0 Å². The fraction of sp³-hybridized carbons (Fsp3) is 0.389. The van der Waals surface area contributed by atoms with Gasteiger partial charge in [0.05, 0.1) is 6.54 Å². The molecule has 1 heterocycles. The molecule has 0 saturated carbocycles. The summed E-state index contributed by atoms with van der Waals surface area (Å²) < 4.78 is 0. The monoisotopic (exact) mass is 347 g/mol. The third-order valence-electron chi connectivity index (χ3n) is 4.16. The first-order chi connectivity index (χ1) is 11.2. The topological polar surface area (TPSA) is 49.3 Å². The number of fused-ring (bicyclic) bond motifs is 1. The molecular formula is C18H21NO2S2. The van der Waals surface area contributed by atoms with Crippen molar-refractivity contribution in [3.8, 4) is 0 Å². The van der Waals surface area contributed by atoms with Crippen LogP contribution in [0.1, 0.15) is 29.7 Å². The molecule has 1 aromatic carbocycles. The van der Waals surface area contributed by atoms with E-state index in [0.717, 1.165) is 30.6 Å². The van der Waals surface area contributed by atoms with Crippen LogP contribution in [0.3, 0.4) is 0 Å². The van der Waals surface area contributed by atoms with Gasteiger partial charge in [0, 0.05) is 21.9 Å². The zero-order valence-corrected chi connectivity index (χ0v) is 14.6. The fourth-order valence-electron chi connectivity index (χ4n) is 2.92. The molecule has 1 aromatic heterocycles. The maximum atomic E-state index is 12.0. The number of hydrogen-bond donors (Lipinski definition) is 2. The highest BCUT2D eigenvalue weighted by molar-refractivity contribution is 7.99. The molecular weight excluding hydrogens is 326 g/mol. The van der Waals surface area contributed by atoms with Crippen LogP contribution >= 0.6 is 23.1 Å². The van der Waals surface area contributed by atoms with Crippen LogP contribution in [-0.4, -0.2) is 23.3 Å². The highest BCUT2D eigenvalue weighted by Crippen LogP contribution is 2.37. The maximum Gasteiger partial charge on any atom is 0.220 e. The second-order valence-electron chi connectivity index (χ2n) is 5.83. The van der Waals surface area contributed by atoms with Gasteiger partial charge < -0.3 is 10.4 Å². The van der Waals surface area contributed by atoms with Crippen molar-refractivity contribution in [1.29, 1.82) is 0 Å². The van der Waals surface area contributed by atoms with E-state index in [1.54, 1.807) is 23.1 Å². The highest BCUT2D eigenvalue weighted by atomic mass is 32.2. The third-order valence-corrected chi connectivity index (χ3v) is 6.15. The molecule has 0 spiro atoms. The number of carbonyl (C=O) groups excluding carboxylic acids is 1. The second kappa shape index (κ2) is 7.51. The molecule has 0 fully saturated rings. The Bertz CT molecular complexity index is 656. The Hall–Kier alpha value is -1.30. The molecule has 1 atom stereocenters. The van der Waals surface area contributed by atoms with Crippen molar-refractivity contribution in [3.63, 3.8) is 0 Å². The Balaban J connectivity index is 1.46. The lowest BCUT2D eigenvalue weighted by Crippen LogP contribution is -2.42. The van der Waals surface area contributed by atoms with E-state index in [-0.39, 0.29) is 5.91 Å². The van der Waals surface area contributed by atoms with Crippen LogP contribution in [0.5, 0.6) is 0 Å². The summed E-state index contributed by atoms with van der Waals surface area (Å²) in [6.07, 6.45) is 3.20. The zero-order valence-electron chi connectivity index (χ0n) is 13.0. The van der Waals surface area contributed by atoms with Crippen molar-refractivity contribution in [1.82, 2.24) is 5.32 Å². The number of amides is 1. The number of rotatable bonds is 6. The van der Waals surface area contributed by atoms with E-state index in [9.17, 15) is 9.90 Å². The molecule has 2 aromatic rings. The largest absolute Gasteiger partial charge is 0.383 e. The summed E-state index contributed by atoms with van der Waals surface area (Å²) in [5, 5.41) is 15.8. The number of benzene rings is 1. The fourth-order valence-corrected chi connectivity index (χ4v) is 4.81. The molecule has 0 radical (unpaired) electrons. The summed E-state index contributed by atoms with van der Waals surface area (Å²) in [5.41, 5.74) is 0.114. The minimum atomic E-state index is -0.893. The first-order valence-corrected chi connectivity index (χ1v) is 9.78. The SMILES string of the molecule is O=C(CCSc1ccccc1)NCC1(O)CCCc2sccc21. The molecule has 5 heteroatoms. The molecule has 23 heavy (non-hydrogen) atoms. The number of thiophene rings is 1. The zero-order chi connectivity index (χ0) is 16.1. The van der Waals surface area contributed by atoms with Crippen LogP contribution in [0.2, 0.25) is 0 Å². The molecule has 1 amide bonds. The van der Waals surface area contributed by atoms with Gasteiger partial charge in [0.1, 0.15) is 5.60 Å². The number of thioether (sulfide) groups is 1. The molecule has 3 rings (SSSR count). The van der Waals surface area contributed by atoms with E-state index in [2.05, 4.69) is 5.32 Å². The van der Waals surface area contributed by atoms with E-state index in [4.69, 9.17) is 0 Å². The van der Waals surface area contributed by atoms with Gasteiger partial charge in [-0.15, -0.1) is 23.1 Å². The summed E-state index contributed by atoms with van der Waals surface area (Å²) in [6.45, 7) is 0.311. The summed E-state index contributed by atoms with van der Waals surface area (Å²) >= 11 is 3.37. The molecule has 1 aliphatic rings. The quantitative estimate of drug-likeness (QED) is 0.786. The lowest BCUT2D eigenvalue weighted by atomic mass is 9.83. The van der Waals surface area contributed by atoms with Gasteiger partial charge in [0.2, 0.25) is 5.91 Å².